The predicted octanol–water partition coefficient (Wildman–Crippen LogP) is 8.63. The molecule has 3 aromatic carbocycles. The molecule has 5 aromatic rings. The molecule has 5 heterocycles. The maximum atomic E-state index is 14.1. The van der Waals surface area contributed by atoms with Crippen LogP contribution in [-0.4, -0.2) is 95.7 Å². The van der Waals surface area contributed by atoms with Gasteiger partial charge in [-0.3, -0.25) is 19.8 Å². The third-order valence-electron chi connectivity index (χ3n) is 12.9. The Bertz CT molecular complexity index is 2920. The van der Waals surface area contributed by atoms with Crippen LogP contribution in [0.15, 0.2) is 94.0 Å². The highest BCUT2D eigenvalue weighted by Gasteiger charge is 2.34. The van der Waals surface area contributed by atoms with Gasteiger partial charge in [0.25, 0.3) is 21.6 Å². The number of halogens is 1. The molecule has 2 saturated heterocycles. The SMILES string of the molecule is CC1(C)CCC(CN2CCN(c3ccc(C(=O)NS(=O)(=O)c4cc5c(c([N+](=O)[O-])c4)C[C@@H](CN=S4(=O)CCCC4)CO5)c(Oc4cnc5[nH]ccc5c4)c3)CC2)=C(c2ccc(Cl)cc2)C1. The van der Waals surface area contributed by atoms with Crippen molar-refractivity contribution in [2.24, 2.45) is 15.7 Å². The van der Waals surface area contributed by atoms with Gasteiger partial charge in [0.2, 0.25) is 0 Å². The minimum absolute atomic E-state index is 0.0378. The number of nitrogens with one attached hydrogen (secondary N) is 2. The maximum Gasteiger partial charge on any atom is 0.277 e. The molecule has 9 rings (SSSR count). The summed E-state index contributed by atoms with van der Waals surface area (Å²) in [5.41, 5.74) is 5.45. The third kappa shape index (κ3) is 10.0. The van der Waals surface area contributed by atoms with E-state index in [1.54, 1.807) is 24.4 Å². The van der Waals surface area contributed by atoms with E-state index in [-0.39, 0.29) is 53.5 Å². The zero-order chi connectivity index (χ0) is 45.5. The molecule has 0 spiro atoms. The van der Waals surface area contributed by atoms with E-state index in [0.717, 1.165) is 73.9 Å². The van der Waals surface area contributed by atoms with E-state index in [0.29, 0.717) is 36.0 Å². The van der Waals surface area contributed by atoms with Gasteiger partial charge in [0, 0.05) is 100 Å². The van der Waals surface area contributed by atoms with Crippen molar-refractivity contribution in [3.63, 3.8) is 0 Å². The minimum Gasteiger partial charge on any atom is -0.493 e. The molecule has 342 valence electrons. The van der Waals surface area contributed by atoms with E-state index in [2.05, 4.69) is 54.8 Å². The number of pyridine rings is 1. The number of ether oxygens (including phenoxy) is 2. The molecule has 65 heavy (non-hydrogen) atoms. The van der Waals surface area contributed by atoms with Crippen molar-refractivity contribution < 1.29 is 31.8 Å². The number of benzene rings is 3. The van der Waals surface area contributed by atoms with Crippen LogP contribution in [0.2, 0.25) is 5.02 Å². The number of anilines is 1. The molecule has 2 aromatic heterocycles. The third-order valence-corrected chi connectivity index (χ3v) is 17.0. The number of nitro benzene ring substituents is 1. The molecule has 0 radical (unpaired) electrons. The summed E-state index contributed by atoms with van der Waals surface area (Å²) in [6.45, 7) is 8.90. The molecule has 4 aliphatic rings. The quantitative estimate of drug-likeness (QED) is 0.0900. The highest BCUT2D eigenvalue weighted by Crippen LogP contribution is 2.44. The van der Waals surface area contributed by atoms with Crippen molar-refractivity contribution in [1.82, 2.24) is 19.6 Å². The van der Waals surface area contributed by atoms with Gasteiger partial charge in [-0.25, -0.2) is 26.7 Å². The second kappa shape index (κ2) is 18.1. The van der Waals surface area contributed by atoms with Crippen molar-refractivity contribution in [3.8, 4) is 17.2 Å². The largest absolute Gasteiger partial charge is 0.493 e. The molecule has 3 aliphatic heterocycles. The molecule has 2 N–H and O–H groups in total. The molecule has 0 bridgehead atoms. The van der Waals surface area contributed by atoms with Gasteiger partial charge in [-0.2, -0.15) is 0 Å². The lowest BCUT2D eigenvalue weighted by Crippen LogP contribution is -2.47. The number of nitro groups is 1. The Kier molecular flexibility index (Phi) is 12.4. The Morgan fingerprint density at radius 1 is 1.08 bits per heavy atom. The second-order valence-electron chi connectivity index (χ2n) is 18.3. The van der Waals surface area contributed by atoms with Gasteiger partial charge in [0.05, 0.1) is 40.3 Å². The number of fused-ring (bicyclic) bond motifs is 2. The summed E-state index contributed by atoms with van der Waals surface area (Å²) in [5.74, 6) is 0.318. The van der Waals surface area contributed by atoms with Gasteiger partial charge in [-0.05, 0) is 91.5 Å². The van der Waals surface area contributed by atoms with Crippen molar-refractivity contribution in [1.29, 1.82) is 0 Å². The highest BCUT2D eigenvalue weighted by molar-refractivity contribution is 7.93. The number of hydrogen-bond donors (Lipinski definition) is 2. The topological polar surface area (TPSA) is 189 Å². The first kappa shape index (κ1) is 44.7. The highest BCUT2D eigenvalue weighted by atomic mass is 35.5. The fraction of sp³-hybridized carbons (Fsp3) is 0.404. The number of hydrogen-bond acceptors (Lipinski definition) is 12. The Balaban J connectivity index is 0.940. The molecular weight excluding hydrogens is 890 g/mol. The Morgan fingerprint density at radius 2 is 1.85 bits per heavy atom. The minimum atomic E-state index is -4.67. The van der Waals surface area contributed by atoms with E-state index in [4.69, 9.17) is 21.1 Å². The monoisotopic (exact) mass is 941 g/mol. The summed E-state index contributed by atoms with van der Waals surface area (Å²) < 4.78 is 59.6. The smallest absolute Gasteiger partial charge is 0.277 e. The van der Waals surface area contributed by atoms with E-state index in [1.807, 2.05) is 18.2 Å². The van der Waals surface area contributed by atoms with Gasteiger partial charge >= 0.3 is 0 Å². The van der Waals surface area contributed by atoms with Gasteiger partial charge in [0.1, 0.15) is 22.9 Å². The zero-order valence-electron chi connectivity index (χ0n) is 36.4. The Morgan fingerprint density at radius 3 is 2.60 bits per heavy atom. The second-order valence-corrected chi connectivity index (χ2v) is 23.0. The number of amides is 1. The van der Waals surface area contributed by atoms with Crippen LogP contribution in [-0.2, 0) is 26.2 Å². The fourth-order valence-electron chi connectivity index (χ4n) is 9.27. The molecular formula is C47H52ClN7O8S2. The first-order valence-electron chi connectivity index (χ1n) is 22.0. The first-order valence-corrected chi connectivity index (χ1v) is 25.7. The predicted molar refractivity (Wildman–Crippen MR) is 252 cm³/mol. The summed E-state index contributed by atoms with van der Waals surface area (Å²) in [6.07, 6.45) is 8.35. The molecule has 18 heteroatoms. The van der Waals surface area contributed by atoms with E-state index >= 15 is 0 Å². The number of nitrogens with zero attached hydrogens (tertiary/aromatic N) is 5. The van der Waals surface area contributed by atoms with Gasteiger partial charge in [0.15, 0.2) is 0 Å². The lowest BCUT2D eigenvalue weighted by atomic mass is 9.72. The standard InChI is InChI=1S/C47H52ClN7O8S2/c1-47(2)13-11-34(41(26-47)32-5-7-35(48)8-6-32)29-53-15-17-54(18-16-53)36-9-10-39(44(23-36)63-37-22-33-12-14-49-45(33)50-28-37)46(56)52-65(60,61)38-24-42(55(57)58)40-21-31(30-62-43(40)25-38)27-51-64(59)19-3-4-20-64/h5-10,12,14,22-25,28,31H,3-4,11,13,15-21,26-27,29-30H2,1-2H3,(H,49,50)(H,52,56)/t31-/m0/s1. The van der Waals surface area contributed by atoms with Crippen molar-refractivity contribution in [2.75, 3.05) is 62.3 Å². The molecule has 2 fully saturated rings. The van der Waals surface area contributed by atoms with E-state index in [1.165, 1.54) is 35.0 Å². The number of H-pyrrole nitrogens is 1. The lowest BCUT2D eigenvalue weighted by molar-refractivity contribution is -0.386. The molecule has 1 amide bonds. The van der Waals surface area contributed by atoms with E-state index < -0.39 is 41.2 Å². The number of rotatable bonds is 12. The summed E-state index contributed by atoms with van der Waals surface area (Å²) in [4.78, 5) is 37.4. The van der Waals surface area contributed by atoms with Crippen LogP contribution < -0.4 is 19.1 Å². The number of piperazine rings is 1. The van der Waals surface area contributed by atoms with Gasteiger partial charge in [-0.15, -0.1) is 0 Å². The molecule has 0 saturated carbocycles. The number of carbonyl (C=O) groups excluding carboxylic acids is 1. The van der Waals surface area contributed by atoms with E-state index in [9.17, 15) is 27.5 Å². The van der Waals surface area contributed by atoms with Crippen LogP contribution in [0.25, 0.3) is 16.6 Å². The van der Waals surface area contributed by atoms with Crippen LogP contribution in [0.1, 0.15) is 67.4 Å². The molecule has 0 unspecified atom stereocenters. The summed E-state index contributed by atoms with van der Waals surface area (Å²) >= 11 is 6.25. The zero-order valence-corrected chi connectivity index (χ0v) is 38.8. The molecule has 1 aliphatic carbocycles. The maximum absolute atomic E-state index is 14.1. The summed E-state index contributed by atoms with van der Waals surface area (Å²) in [7, 11) is -6.95. The number of aromatic nitrogens is 2. The van der Waals surface area contributed by atoms with Crippen molar-refractivity contribution in [2.45, 2.75) is 57.3 Å². The number of carbonyl (C=O) groups is 1. The number of allylic oxidation sites excluding steroid dienone is 1. The van der Waals surface area contributed by atoms with Crippen LogP contribution >= 0.6 is 11.6 Å². The summed E-state index contributed by atoms with van der Waals surface area (Å²) in [5, 5.41) is 13.8. The average molecular weight is 943 g/mol. The normalized spacial score (nSPS) is 19.7. The Labute approximate surface area is 383 Å². The number of sulfonamides is 1. The first-order chi connectivity index (χ1) is 31.1. The van der Waals surface area contributed by atoms with Crippen LogP contribution in [0.4, 0.5) is 11.4 Å². The Hall–Kier alpha value is -5.49. The van der Waals surface area contributed by atoms with Gasteiger partial charge in [-0.1, -0.05) is 43.2 Å². The summed E-state index contributed by atoms with van der Waals surface area (Å²) in [6, 6.07) is 18.9. The van der Waals surface area contributed by atoms with Crippen LogP contribution in [0, 0.1) is 21.4 Å². The lowest BCUT2D eigenvalue weighted by Gasteiger charge is -2.39. The van der Waals surface area contributed by atoms with Crippen LogP contribution in [0.5, 0.6) is 17.2 Å². The molecule has 15 nitrogen and oxygen atoms in total. The van der Waals surface area contributed by atoms with Crippen molar-refractivity contribution in [3.05, 3.63) is 117 Å². The van der Waals surface area contributed by atoms with Crippen molar-refractivity contribution >= 4 is 65.2 Å². The van der Waals surface area contributed by atoms with Gasteiger partial charge < -0.3 is 19.4 Å². The van der Waals surface area contributed by atoms with Crippen LogP contribution in [0.3, 0.4) is 0 Å². The fourth-order valence-corrected chi connectivity index (χ4v) is 12.7. The molecule has 1 atom stereocenters. The average Bonchev–Trinajstić information content (AvgIpc) is 3.95. The number of aromatic amines is 1.